The van der Waals surface area contributed by atoms with E-state index < -0.39 is 0 Å². The lowest BCUT2D eigenvalue weighted by Crippen LogP contribution is -2.17. The molecule has 0 radical (unpaired) electrons. The van der Waals surface area contributed by atoms with Crippen LogP contribution in [0.25, 0.3) is 0 Å². The Morgan fingerprint density at radius 1 is 1.67 bits per heavy atom. The van der Waals surface area contributed by atoms with Gasteiger partial charge in [-0.25, -0.2) is 4.98 Å². The van der Waals surface area contributed by atoms with Gasteiger partial charge in [0.15, 0.2) is 0 Å². The Morgan fingerprint density at radius 3 is 3.00 bits per heavy atom. The molecule has 1 fully saturated rings. The third-order valence-corrected chi connectivity index (χ3v) is 2.46. The van der Waals surface area contributed by atoms with Crippen LogP contribution in [0.4, 0.5) is 0 Å². The van der Waals surface area contributed by atoms with Gasteiger partial charge in [-0.05, 0) is 26.8 Å². The average Bonchev–Trinajstić information content (AvgIpc) is 2.83. The van der Waals surface area contributed by atoms with Crippen LogP contribution in [0.2, 0.25) is 0 Å². The normalized spacial score (nSPS) is 19.5. The standard InChI is InChI=1S/C9H15N3/c1-7(10-2)9-11-5-6-12(9)8-3-4-8/h5-8,10H,3-4H2,1-2H3/t7-/m0/s1. The highest BCUT2D eigenvalue weighted by atomic mass is 15.1. The SMILES string of the molecule is CN[C@@H](C)c1nccn1C1CC1. The second-order valence-corrected chi connectivity index (χ2v) is 3.43. The minimum Gasteiger partial charge on any atom is -0.331 e. The van der Waals surface area contributed by atoms with Crippen molar-refractivity contribution in [2.75, 3.05) is 7.05 Å². The molecule has 0 amide bonds. The molecule has 1 aromatic heterocycles. The molecule has 66 valence electrons. The summed E-state index contributed by atoms with van der Waals surface area (Å²) >= 11 is 0. The molecule has 1 atom stereocenters. The monoisotopic (exact) mass is 165 g/mol. The molecule has 1 heterocycles. The molecule has 2 rings (SSSR count). The van der Waals surface area contributed by atoms with Gasteiger partial charge in [-0.2, -0.15) is 0 Å². The van der Waals surface area contributed by atoms with Crippen LogP contribution in [0.3, 0.4) is 0 Å². The van der Waals surface area contributed by atoms with Crippen molar-refractivity contribution in [2.24, 2.45) is 0 Å². The van der Waals surface area contributed by atoms with Gasteiger partial charge in [0, 0.05) is 18.4 Å². The predicted molar refractivity (Wildman–Crippen MR) is 48.0 cm³/mol. The van der Waals surface area contributed by atoms with Crippen molar-refractivity contribution in [1.82, 2.24) is 14.9 Å². The van der Waals surface area contributed by atoms with Crippen molar-refractivity contribution in [3.63, 3.8) is 0 Å². The molecule has 0 saturated heterocycles. The molecule has 0 spiro atoms. The number of aromatic nitrogens is 2. The molecule has 0 bridgehead atoms. The summed E-state index contributed by atoms with van der Waals surface area (Å²) in [5.41, 5.74) is 0. The largest absolute Gasteiger partial charge is 0.331 e. The first kappa shape index (κ1) is 7.80. The highest BCUT2D eigenvalue weighted by Crippen LogP contribution is 2.36. The highest BCUT2D eigenvalue weighted by molar-refractivity contribution is 5.03. The average molecular weight is 165 g/mol. The van der Waals surface area contributed by atoms with Gasteiger partial charge in [0.25, 0.3) is 0 Å². The maximum atomic E-state index is 4.35. The Bertz CT molecular complexity index is 262. The van der Waals surface area contributed by atoms with E-state index in [0.29, 0.717) is 6.04 Å². The van der Waals surface area contributed by atoms with Crippen molar-refractivity contribution in [1.29, 1.82) is 0 Å². The second-order valence-electron chi connectivity index (χ2n) is 3.43. The van der Waals surface area contributed by atoms with E-state index in [4.69, 9.17) is 0 Å². The summed E-state index contributed by atoms with van der Waals surface area (Å²) in [6.07, 6.45) is 6.61. The Hall–Kier alpha value is -0.830. The molecule has 0 unspecified atom stereocenters. The number of rotatable bonds is 3. The minimum atomic E-state index is 0.362. The zero-order valence-electron chi connectivity index (χ0n) is 7.62. The summed E-state index contributed by atoms with van der Waals surface area (Å²) in [4.78, 5) is 4.35. The van der Waals surface area contributed by atoms with Crippen molar-refractivity contribution < 1.29 is 0 Å². The van der Waals surface area contributed by atoms with Crippen LogP contribution in [0.15, 0.2) is 12.4 Å². The van der Waals surface area contributed by atoms with Crippen LogP contribution in [0.5, 0.6) is 0 Å². The molecule has 3 heteroatoms. The number of hydrogen-bond acceptors (Lipinski definition) is 2. The molecule has 12 heavy (non-hydrogen) atoms. The van der Waals surface area contributed by atoms with Gasteiger partial charge in [0.2, 0.25) is 0 Å². The van der Waals surface area contributed by atoms with E-state index in [0.717, 1.165) is 6.04 Å². The summed E-state index contributed by atoms with van der Waals surface area (Å²) in [6.45, 7) is 2.14. The van der Waals surface area contributed by atoms with Crippen LogP contribution >= 0.6 is 0 Å². The number of hydrogen-bond donors (Lipinski definition) is 1. The van der Waals surface area contributed by atoms with Gasteiger partial charge in [-0.15, -0.1) is 0 Å². The Balaban J connectivity index is 2.23. The van der Waals surface area contributed by atoms with Crippen LogP contribution in [-0.2, 0) is 0 Å². The number of nitrogens with zero attached hydrogens (tertiary/aromatic N) is 2. The van der Waals surface area contributed by atoms with Gasteiger partial charge in [-0.3, -0.25) is 0 Å². The maximum Gasteiger partial charge on any atom is 0.125 e. The molecule has 1 aromatic rings. The summed E-state index contributed by atoms with van der Waals surface area (Å²) in [5, 5.41) is 3.21. The van der Waals surface area contributed by atoms with Gasteiger partial charge in [0.1, 0.15) is 5.82 Å². The van der Waals surface area contributed by atoms with Crippen LogP contribution in [0, 0.1) is 0 Å². The fraction of sp³-hybridized carbons (Fsp3) is 0.667. The molecule has 1 N–H and O–H groups in total. The number of nitrogens with one attached hydrogen (secondary N) is 1. The van der Waals surface area contributed by atoms with Gasteiger partial charge in [-0.1, -0.05) is 0 Å². The molecular formula is C9H15N3. The van der Waals surface area contributed by atoms with Crippen LogP contribution in [-0.4, -0.2) is 16.6 Å². The molecule has 1 saturated carbocycles. The highest BCUT2D eigenvalue weighted by Gasteiger charge is 2.26. The zero-order chi connectivity index (χ0) is 8.55. The summed E-state index contributed by atoms with van der Waals surface area (Å²) < 4.78 is 2.29. The third kappa shape index (κ3) is 1.25. The summed E-state index contributed by atoms with van der Waals surface area (Å²) in [6, 6.07) is 1.10. The lowest BCUT2D eigenvalue weighted by atomic mass is 10.3. The van der Waals surface area contributed by atoms with E-state index in [-0.39, 0.29) is 0 Å². The number of imidazole rings is 1. The maximum absolute atomic E-state index is 4.35. The lowest BCUT2D eigenvalue weighted by molar-refractivity contribution is 0.558. The van der Waals surface area contributed by atoms with E-state index in [9.17, 15) is 0 Å². The lowest BCUT2D eigenvalue weighted by Gasteiger charge is -2.11. The fourth-order valence-corrected chi connectivity index (χ4v) is 1.45. The van der Waals surface area contributed by atoms with Crippen molar-refractivity contribution in [3.8, 4) is 0 Å². The van der Waals surface area contributed by atoms with Gasteiger partial charge >= 0.3 is 0 Å². The first-order valence-corrected chi connectivity index (χ1v) is 4.53. The topological polar surface area (TPSA) is 29.9 Å². The molecule has 0 aromatic carbocycles. The quantitative estimate of drug-likeness (QED) is 0.735. The van der Waals surface area contributed by atoms with E-state index >= 15 is 0 Å². The smallest absolute Gasteiger partial charge is 0.125 e. The van der Waals surface area contributed by atoms with Gasteiger partial charge in [0.05, 0.1) is 6.04 Å². The molecule has 3 nitrogen and oxygen atoms in total. The van der Waals surface area contributed by atoms with E-state index in [2.05, 4.69) is 28.0 Å². The third-order valence-electron chi connectivity index (χ3n) is 2.46. The molecule has 0 aliphatic heterocycles. The van der Waals surface area contributed by atoms with E-state index in [1.165, 1.54) is 18.7 Å². The first-order valence-electron chi connectivity index (χ1n) is 4.53. The van der Waals surface area contributed by atoms with Crippen LogP contribution in [0.1, 0.15) is 37.7 Å². The zero-order valence-corrected chi connectivity index (χ0v) is 7.62. The van der Waals surface area contributed by atoms with Gasteiger partial charge < -0.3 is 9.88 Å². The molecule has 1 aliphatic carbocycles. The van der Waals surface area contributed by atoms with E-state index in [1.807, 2.05) is 13.2 Å². The summed E-state index contributed by atoms with van der Waals surface area (Å²) in [5.74, 6) is 1.17. The van der Waals surface area contributed by atoms with Crippen molar-refractivity contribution in [3.05, 3.63) is 18.2 Å². The Labute approximate surface area is 72.8 Å². The fourth-order valence-electron chi connectivity index (χ4n) is 1.45. The summed E-state index contributed by atoms with van der Waals surface area (Å²) in [7, 11) is 1.97. The molecule has 1 aliphatic rings. The van der Waals surface area contributed by atoms with E-state index in [1.54, 1.807) is 0 Å². The minimum absolute atomic E-state index is 0.362. The predicted octanol–water partition coefficient (Wildman–Crippen LogP) is 1.50. The Morgan fingerprint density at radius 2 is 2.42 bits per heavy atom. The second kappa shape index (κ2) is 2.90. The molecular weight excluding hydrogens is 150 g/mol. The van der Waals surface area contributed by atoms with Crippen LogP contribution < -0.4 is 5.32 Å². The van der Waals surface area contributed by atoms with Crippen molar-refractivity contribution >= 4 is 0 Å². The first-order chi connectivity index (χ1) is 5.83. The van der Waals surface area contributed by atoms with Crippen molar-refractivity contribution in [2.45, 2.75) is 31.8 Å². The Kier molecular flexibility index (Phi) is 1.89.